The number of aromatic nitrogens is 1. The number of fused-ring (bicyclic) bond motifs is 1. The molecule has 7 nitrogen and oxygen atoms in total. The molecular formula is C18H21N3O4. The summed E-state index contributed by atoms with van der Waals surface area (Å²) in [5, 5.41) is 12.0. The van der Waals surface area contributed by atoms with E-state index in [0.29, 0.717) is 6.61 Å². The molecule has 0 N–H and O–H groups in total. The predicted molar refractivity (Wildman–Crippen MR) is 94.1 cm³/mol. The van der Waals surface area contributed by atoms with Gasteiger partial charge in [-0.15, -0.1) is 0 Å². The van der Waals surface area contributed by atoms with Gasteiger partial charge in [0.1, 0.15) is 0 Å². The maximum Gasteiger partial charge on any atom is 0.270 e. The van der Waals surface area contributed by atoms with Crippen LogP contribution in [0, 0.1) is 17.0 Å². The van der Waals surface area contributed by atoms with Crippen LogP contribution in [0.2, 0.25) is 0 Å². The zero-order valence-corrected chi connectivity index (χ0v) is 14.2. The molecule has 0 unspecified atom stereocenters. The average molecular weight is 343 g/mol. The van der Waals surface area contributed by atoms with E-state index >= 15 is 0 Å². The predicted octanol–water partition coefficient (Wildman–Crippen LogP) is 2.84. The topological polar surface area (TPSA) is 77.7 Å². The molecule has 7 heteroatoms. The van der Waals surface area contributed by atoms with Gasteiger partial charge in [0.2, 0.25) is 0 Å². The van der Waals surface area contributed by atoms with E-state index in [-0.39, 0.29) is 16.2 Å². The summed E-state index contributed by atoms with van der Waals surface area (Å²) in [5.74, 6) is 0. The fraction of sp³-hybridized carbons (Fsp3) is 0.500. The highest BCUT2D eigenvalue weighted by molar-refractivity contribution is 5.93. The number of hydrogen-bond donors (Lipinski definition) is 0. The van der Waals surface area contributed by atoms with Crippen molar-refractivity contribution in [3.63, 3.8) is 0 Å². The minimum atomic E-state index is -0.359. The number of non-ortho nitro benzene ring substituents is 1. The SMILES string of the molecule is Cc1cc(N2CCOC3(CCOCC3)C2)c2cc([N+](=O)[O-])ccc2n1. The molecule has 132 valence electrons. The van der Waals surface area contributed by atoms with Crippen molar-refractivity contribution < 1.29 is 14.4 Å². The average Bonchev–Trinajstić information content (AvgIpc) is 2.61. The summed E-state index contributed by atoms with van der Waals surface area (Å²) in [4.78, 5) is 17.6. The number of benzene rings is 1. The third-order valence-corrected chi connectivity index (χ3v) is 5.10. The van der Waals surface area contributed by atoms with Crippen LogP contribution in [0.5, 0.6) is 0 Å². The van der Waals surface area contributed by atoms with Crippen LogP contribution in [0.3, 0.4) is 0 Å². The molecule has 0 atom stereocenters. The van der Waals surface area contributed by atoms with E-state index in [1.807, 2.05) is 13.0 Å². The molecule has 2 aromatic rings. The Balaban J connectivity index is 1.76. The number of nitro groups is 1. The minimum absolute atomic E-state index is 0.0912. The molecule has 0 bridgehead atoms. The highest BCUT2D eigenvalue weighted by Gasteiger charge is 2.38. The van der Waals surface area contributed by atoms with Gasteiger partial charge in [0, 0.05) is 68.0 Å². The van der Waals surface area contributed by atoms with Crippen LogP contribution in [0.15, 0.2) is 24.3 Å². The zero-order valence-electron chi connectivity index (χ0n) is 14.2. The van der Waals surface area contributed by atoms with Crippen LogP contribution in [0.25, 0.3) is 10.9 Å². The number of nitro benzene ring substituents is 1. The van der Waals surface area contributed by atoms with Crippen molar-refractivity contribution >= 4 is 22.3 Å². The summed E-state index contributed by atoms with van der Waals surface area (Å²) in [6, 6.07) is 6.89. The lowest BCUT2D eigenvalue weighted by Crippen LogP contribution is -2.54. The van der Waals surface area contributed by atoms with Crippen molar-refractivity contribution in [2.24, 2.45) is 0 Å². The molecule has 25 heavy (non-hydrogen) atoms. The Bertz CT molecular complexity index is 812. The second-order valence-corrected chi connectivity index (χ2v) is 6.81. The van der Waals surface area contributed by atoms with Gasteiger partial charge in [-0.2, -0.15) is 0 Å². The summed E-state index contributed by atoms with van der Waals surface area (Å²) < 4.78 is 11.6. The van der Waals surface area contributed by atoms with Crippen molar-refractivity contribution in [1.29, 1.82) is 0 Å². The first-order chi connectivity index (χ1) is 12.1. The summed E-state index contributed by atoms with van der Waals surface area (Å²) >= 11 is 0. The molecule has 1 spiro atoms. The second kappa shape index (κ2) is 6.24. The van der Waals surface area contributed by atoms with Gasteiger partial charge in [0.05, 0.1) is 22.6 Å². The van der Waals surface area contributed by atoms with Gasteiger partial charge in [-0.05, 0) is 19.1 Å². The highest BCUT2D eigenvalue weighted by Crippen LogP contribution is 2.35. The fourth-order valence-corrected chi connectivity index (χ4v) is 3.80. The standard InChI is InChI=1S/C18H21N3O4/c1-13-10-17(15-11-14(21(22)23)2-3-16(15)19-13)20-6-9-25-18(12-20)4-7-24-8-5-18/h2-3,10-11H,4-9,12H2,1H3. The van der Waals surface area contributed by atoms with Crippen molar-refractivity contribution in [1.82, 2.24) is 4.98 Å². The van der Waals surface area contributed by atoms with E-state index in [0.717, 1.165) is 61.4 Å². The summed E-state index contributed by atoms with van der Waals surface area (Å²) in [5.41, 5.74) is 2.60. The largest absolute Gasteiger partial charge is 0.381 e. The Morgan fingerprint density at radius 1 is 1.24 bits per heavy atom. The molecule has 0 amide bonds. The Hall–Kier alpha value is -2.25. The molecule has 0 saturated carbocycles. The summed E-state index contributed by atoms with van der Waals surface area (Å²) in [6.07, 6.45) is 1.76. The minimum Gasteiger partial charge on any atom is -0.381 e. The maximum atomic E-state index is 11.2. The van der Waals surface area contributed by atoms with Gasteiger partial charge in [0.15, 0.2) is 0 Å². The molecule has 2 aliphatic rings. The molecule has 2 saturated heterocycles. The lowest BCUT2D eigenvalue weighted by atomic mass is 9.91. The van der Waals surface area contributed by atoms with Crippen LogP contribution in [-0.4, -0.2) is 48.4 Å². The smallest absolute Gasteiger partial charge is 0.270 e. The lowest BCUT2D eigenvalue weighted by molar-refractivity contribution is -0.384. The van der Waals surface area contributed by atoms with Crippen LogP contribution in [-0.2, 0) is 9.47 Å². The molecule has 2 fully saturated rings. The Morgan fingerprint density at radius 2 is 2.04 bits per heavy atom. The number of nitrogens with zero attached hydrogens (tertiary/aromatic N) is 3. The van der Waals surface area contributed by atoms with Crippen LogP contribution in [0.4, 0.5) is 11.4 Å². The molecule has 0 radical (unpaired) electrons. The van der Waals surface area contributed by atoms with Gasteiger partial charge in [-0.25, -0.2) is 0 Å². The third kappa shape index (κ3) is 3.05. The van der Waals surface area contributed by atoms with E-state index in [2.05, 4.69) is 9.88 Å². The quantitative estimate of drug-likeness (QED) is 0.616. The zero-order chi connectivity index (χ0) is 17.4. The number of ether oxygens (including phenoxy) is 2. The highest BCUT2D eigenvalue weighted by atomic mass is 16.6. The second-order valence-electron chi connectivity index (χ2n) is 6.81. The molecule has 0 aliphatic carbocycles. The molecule has 1 aromatic carbocycles. The first-order valence-electron chi connectivity index (χ1n) is 8.59. The van der Waals surface area contributed by atoms with Gasteiger partial charge >= 0.3 is 0 Å². The van der Waals surface area contributed by atoms with E-state index < -0.39 is 0 Å². The summed E-state index contributed by atoms with van der Waals surface area (Å²) in [6.45, 7) is 5.58. The van der Waals surface area contributed by atoms with E-state index in [1.54, 1.807) is 12.1 Å². The fourth-order valence-electron chi connectivity index (χ4n) is 3.80. The molecule has 4 rings (SSSR count). The van der Waals surface area contributed by atoms with E-state index in [9.17, 15) is 10.1 Å². The van der Waals surface area contributed by atoms with E-state index in [4.69, 9.17) is 9.47 Å². The van der Waals surface area contributed by atoms with Crippen molar-refractivity contribution in [3.05, 3.63) is 40.1 Å². The van der Waals surface area contributed by atoms with Crippen LogP contribution < -0.4 is 4.90 Å². The van der Waals surface area contributed by atoms with Gasteiger partial charge in [-0.1, -0.05) is 0 Å². The first kappa shape index (κ1) is 16.2. The Kier molecular flexibility index (Phi) is 4.05. The number of morpholine rings is 1. The molecule has 3 heterocycles. The number of rotatable bonds is 2. The van der Waals surface area contributed by atoms with Crippen molar-refractivity contribution in [2.45, 2.75) is 25.4 Å². The molecule has 2 aliphatic heterocycles. The number of hydrogen-bond acceptors (Lipinski definition) is 6. The first-order valence-corrected chi connectivity index (χ1v) is 8.59. The number of anilines is 1. The Labute approximate surface area is 145 Å². The maximum absolute atomic E-state index is 11.2. The van der Waals surface area contributed by atoms with Gasteiger partial charge < -0.3 is 14.4 Å². The molecular weight excluding hydrogens is 322 g/mol. The van der Waals surface area contributed by atoms with E-state index in [1.165, 1.54) is 6.07 Å². The third-order valence-electron chi connectivity index (χ3n) is 5.10. The van der Waals surface area contributed by atoms with Crippen molar-refractivity contribution in [3.8, 4) is 0 Å². The normalized spacial score (nSPS) is 20.1. The monoisotopic (exact) mass is 343 g/mol. The lowest BCUT2D eigenvalue weighted by Gasteiger charge is -2.45. The van der Waals surface area contributed by atoms with Gasteiger partial charge in [-0.3, -0.25) is 15.1 Å². The number of aryl methyl sites for hydroxylation is 1. The van der Waals surface area contributed by atoms with Crippen LogP contribution >= 0.6 is 0 Å². The van der Waals surface area contributed by atoms with Gasteiger partial charge in [0.25, 0.3) is 5.69 Å². The molecule has 1 aromatic heterocycles. The Morgan fingerprint density at radius 3 is 2.80 bits per heavy atom. The van der Waals surface area contributed by atoms with Crippen LogP contribution in [0.1, 0.15) is 18.5 Å². The van der Waals surface area contributed by atoms with Crippen molar-refractivity contribution in [2.75, 3.05) is 37.8 Å². The summed E-state index contributed by atoms with van der Waals surface area (Å²) in [7, 11) is 0. The number of pyridine rings is 1.